The van der Waals surface area contributed by atoms with E-state index in [4.69, 9.17) is 14.2 Å². The minimum absolute atomic E-state index is 0.155. The molecule has 4 aromatic carbocycles. The molecule has 0 aliphatic rings. The molecule has 0 aromatic heterocycles. The highest BCUT2D eigenvalue weighted by Gasteiger charge is 2.17. The molecule has 0 spiro atoms. The fourth-order valence-corrected chi connectivity index (χ4v) is 3.63. The fourth-order valence-electron chi connectivity index (χ4n) is 3.63. The standard InChI is InChI=1S/C25H22O4/c1-16-12-22(27-2)23(28-3)14-19(16)15-29-25(26)24-20-10-6-4-8-17(20)13-18-9-5-7-11-21(18)24/h4-14H,15H2,1-3H3. The maximum Gasteiger partial charge on any atom is 0.339 e. The zero-order valence-corrected chi connectivity index (χ0v) is 16.7. The van der Waals surface area contributed by atoms with Crippen molar-refractivity contribution >= 4 is 27.5 Å². The lowest BCUT2D eigenvalue weighted by Gasteiger charge is -2.14. The van der Waals surface area contributed by atoms with E-state index in [2.05, 4.69) is 6.07 Å². The molecule has 0 atom stereocenters. The number of aryl methyl sites for hydroxylation is 1. The van der Waals surface area contributed by atoms with E-state index in [1.165, 1.54) is 0 Å². The molecule has 0 saturated heterocycles. The van der Waals surface area contributed by atoms with Gasteiger partial charge in [-0.05, 0) is 57.8 Å². The molecular formula is C25H22O4. The molecule has 146 valence electrons. The number of carbonyl (C=O) groups is 1. The van der Waals surface area contributed by atoms with Gasteiger partial charge in [-0.1, -0.05) is 48.5 Å². The van der Waals surface area contributed by atoms with Crippen LogP contribution in [0, 0.1) is 6.92 Å². The third-order valence-corrected chi connectivity index (χ3v) is 5.18. The second-order valence-electron chi connectivity index (χ2n) is 6.90. The van der Waals surface area contributed by atoms with E-state index in [1.807, 2.05) is 67.6 Å². The molecule has 0 unspecified atom stereocenters. The summed E-state index contributed by atoms with van der Waals surface area (Å²) >= 11 is 0. The highest BCUT2D eigenvalue weighted by Crippen LogP contribution is 2.32. The van der Waals surface area contributed by atoms with Crippen LogP contribution in [-0.4, -0.2) is 20.2 Å². The van der Waals surface area contributed by atoms with Crippen LogP contribution in [-0.2, 0) is 11.3 Å². The van der Waals surface area contributed by atoms with Crippen molar-refractivity contribution in [2.45, 2.75) is 13.5 Å². The number of benzene rings is 4. The first kappa shape index (κ1) is 18.8. The van der Waals surface area contributed by atoms with Crippen molar-refractivity contribution in [3.05, 3.63) is 83.4 Å². The van der Waals surface area contributed by atoms with Crippen LogP contribution in [0.15, 0.2) is 66.7 Å². The summed E-state index contributed by atoms with van der Waals surface area (Å²) in [5.74, 6) is 0.923. The third-order valence-electron chi connectivity index (χ3n) is 5.18. The summed E-state index contributed by atoms with van der Waals surface area (Å²) in [6.07, 6.45) is 0. The minimum Gasteiger partial charge on any atom is -0.493 e. The van der Waals surface area contributed by atoms with Crippen LogP contribution >= 0.6 is 0 Å². The van der Waals surface area contributed by atoms with Crippen molar-refractivity contribution < 1.29 is 19.0 Å². The van der Waals surface area contributed by atoms with Crippen molar-refractivity contribution in [3.63, 3.8) is 0 Å². The van der Waals surface area contributed by atoms with Crippen LogP contribution in [0.3, 0.4) is 0 Å². The van der Waals surface area contributed by atoms with Gasteiger partial charge in [0, 0.05) is 0 Å². The Bertz CT molecular complexity index is 1160. The van der Waals surface area contributed by atoms with Gasteiger partial charge in [0.2, 0.25) is 0 Å². The molecule has 0 aliphatic heterocycles. The van der Waals surface area contributed by atoms with Crippen molar-refractivity contribution in [1.29, 1.82) is 0 Å². The van der Waals surface area contributed by atoms with E-state index < -0.39 is 0 Å². The molecule has 0 saturated carbocycles. The Kier molecular flexibility index (Phi) is 5.09. The molecule has 0 heterocycles. The van der Waals surface area contributed by atoms with E-state index in [-0.39, 0.29) is 12.6 Å². The van der Waals surface area contributed by atoms with Gasteiger partial charge in [0.15, 0.2) is 11.5 Å². The number of hydrogen-bond donors (Lipinski definition) is 0. The van der Waals surface area contributed by atoms with Crippen LogP contribution in [0.5, 0.6) is 11.5 Å². The number of methoxy groups -OCH3 is 2. The lowest BCUT2D eigenvalue weighted by molar-refractivity contribution is 0.0476. The molecule has 29 heavy (non-hydrogen) atoms. The van der Waals surface area contributed by atoms with Crippen LogP contribution in [0.4, 0.5) is 0 Å². The smallest absolute Gasteiger partial charge is 0.339 e. The summed E-state index contributed by atoms with van der Waals surface area (Å²) in [4.78, 5) is 13.2. The predicted octanol–water partition coefficient (Wildman–Crippen LogP) is 5.68. The van der Waals surface area contributed by atoms with Crippen LogP contribution in [0.25, 0.3) is 21.5 Å². The molecule has 0 aliphatic carbocycles. The predicted molar refractivity (Wildman–Crippen MR) is 115 cm³/mol. The van der Waals surface area contributed by atoms with Gasteiger partial charge in [-0.25, -0.2) is 4.79 Å². The molecule has 0 bridgehead atoms. The quantitative estimate of drug-likeness (QED) is 0.327. The molecule has 4 heteroatoms. The normalized spacial score (nSPS) is 10.9. The Balaban J connectivity index is 1.71. The first-order valence-corrected chi connectivity index (χ1v) is 9.41. The summed E-state index contributed by atoms with van der Waals surface area (Å²) < 4.78 is 16.5. The van der Waals surface area contributed by atoms with Crippen LogP contribution < -0.4 is 9.47 Å². The SMILES string of the molecule is COc1cc(C)c(COC(=O)c2c3ccccc3cc3ccccc23)cc1OC. The third kappa shape index (κ3) is 3.49. The maximum atomic E-state index is 13.2. The Hall–Kier alpha value is -3.53. The molecule has 0 radical (unpaired) electrons. The van der Waals surface area contributed by atoms with E-state index >= 15 is 0 Å². The zero-order valence-electron chi connectivity index (χ0n) is 16.7. The Morgan fingerprint density at radius 1 is 0.793 bits per heavy atom. The van der Waals surface area contributed by atoms with Gasteiger partial charge in [0.1, 0.15) is 6.61 Å². The summed E-state index contributed by atoms with van der Waals surface area (Å²) in [6.45, 7) is 2.11. The van der Waals surface area contributed by atoms with Gasteiger partial charge in [-0.2, -0.15) is 0 Å². The molecule has 4 nitrogen and oxygen atoms in total. The van der Waals surface area contributed by atoms with Gasteiger partial charge in [0.05, 0.1) is 19.8 Å². The van der Waals surface area contributed by atoms with Crippen molar-refractivity contribution in [2.24, 2.45) is 0 Å². The molecular weight excluding hydrogens is 364 g/mol. The Morgan fingerprint density at radius 2 is 1.34 bits per heavy atom. The van der Waals surface area contributed by atoms with Crippen LogP contribution in [0.2, 0.25) is 0 Å². The second kappa shape index (κ2) is 7.84. The molecule has 0 fully saturated rings. The highest BCUT2D eigenvalue weighted by molar-refractivity contribution is 6.16. The molecule has 0 amide bonds. The molecule has 4 rings (SSSR count). The minimum atomic E-state index is -0.341. The second-order valence-corrected chi connectivity index (χ2v) is 6.90. The molecule has 0 N–H and O–H groups in total. The summed E-state index contributed by atoms with van der Waals surface area (Å²) in [6, 6.07) is 21.6. The van der Waals surface area contributed by atoms with Gasteiger partial charge in [-0.15, -0.1) is 0 Å². The summed E-state index contributed by atoms with van der Waals surface area (Å²) in [7, 11) is 3.19. The summed E-state index contributed by atoms with van der Waals surface area (Å²) in [5, 5.41) is 3.81. The van der Waals surface area contributed by atoms with E-state index in [0.717, 1.165) is 32.7 Å². The number of hydrogen-bond acceptors (Lipinski definition) is 4. The number of rotatable bonds is 5. The fraction of sp³-hybridized carbons (Fsp3) is 0.160. The number of esters is 1. The Morgan fingerprint density at radius 3 is 1.93 bits per heavy atom. The maximum absolute atomic E-state index is 13.2. The Labute approximate surface area is 169 Å². The topological polar surface area (TPSA) is 44.8 Å². The van der Waals surface area contributed by atoms with E-state index in [1.54, 1.807) is 14.2 Å². The molecule has 4 aromatic rings. The van der Waals surface area contributed by atoms with Crippen molar-refractivity contribution in [3.8, 4) is 11.5 Å². The lowest BCUT2D eigenvalue weighted by atomic mass is 9.97. The zero-order chi connectivity index (χ0) is 20.4. The van der Waals surface area contributed by atoms with Crippen molar-refractivity contribution in [2.75, 3.05) is 14.2 Å². The van der Waals surface area contributed by atoms with Gasteiger partial charge < -0.3 is 14.2 Å². The largest absolute Gasteiger partial charge is 0.493 e. The first-order chi connectivity index (χ1) is 14.1. The lowest BCUT2D eigenvalue weighted by Crippen LogP contribution is -2.08. The van der Waals surface area contributed by atoms with Gasteiger partial charge >= 0.3 is 5.97 Å². The average Bonchev–Trinajstić information content (AvgIpc) is 2.76. The average molecular weight is 386 g/mol. The highest BCUT2D eigenvalue weighted by atomic mass is 16.5. The van der Waals surface area contributed by atoms with E-state index in [0.29, 0.717) is 17.1 Å². The first-order valence-electron chi connectivity index (χ1n) is 9.41. The number of carbonyl (C=O) groups excluding carboxylic acids is 1. The monoisotopic (exact) mass is 386 g/mol. The van der Waals surface area contributed by atoms with Gasteiger partial charge in [0.25, 0.3) is 0 Å². The van der Waals surface area contributed by atoms with Crippen molar-refractivity contribution in [1.82, 2.24) is 0 Å². The summed E-state index contributed by atoms with van der Waals surface area (Å²) in [5.41, 5.74) is 2.44. The van der Waals surface area contributed by atoms with E-state index in [9.17, 15) is 4.79 Å². The van der Waals surface area contributed by atoms with Gasteiger partial charge in [-0.3, -0.25) is 0 Å². The number of ether oxygens (including phenoxy) is 3. The number of fused-ring (bicyclic) bond motifs is 2. The van der Waals surface area contributed by atoms with Crippen LogP contribution in [0.1, 0.15) is 21.5 Å².